The zero-order chi connectivity index (χ0) is 18.6. The van der Waals surface area contributed by atoms with Crippen LogP contribution in [0, 0.1) is 0 Å². The Balaban J connectivity index is 1.95. The Morgan fingerprint density at radius 3 is 1.85 bits per heavy atom. The van der Waals surface area contributed by atoms with Gasteiger partial charge in [-0.05, 0) is 35.4 Å². The quantitative estimate of drug-likeness (QED) is 0.788. The second-order valence-electron chi connectivity index (χ2n) is 6.00. The molecule has 7 heteroatoms. The van der Waals surface area contributed by atoms with Crippen molar-refractivity contribution in [3.05, 3.63) is 71.3 Å². The van der Waals surface area contributed by atoms with Gasteiger partial charge in [-0.2, -0.15) is 13.2 Å². The second-order valence-corrected chi connectivity index (χ2v) is 6.00. The van der Waals surface area contributed by atoms with Gasteiger partial charge in [0.1, 0.15) is 0 Å². The summed E-state index contributed by atoms with van der Waals surface area (Å²) in [6, 6.07) is 6.92. The van der Waals surface area contributed by atoms with Gasteiger partial charge in [0.05, 0.1) is 6.54 Å². The maximum atomic E-state index is 12.9. The summed E-state index contributed by atoms with van der Waals surface area (Å²) in [6.07, 6.45) is 5.16. The van der Waals surface area contributed by atoms with Gasteiger partial charge in [0.25, 0.3) is 0 Å². The molecule has 2 aromatic rings. The van der Waals surface area contributed by atoms with Crippen molar-refractivity contribution in [1.82, 2.24) is 14.9 Å². The van der Waals surface area contributed by atoms with E-state index in [1.165, 1.54) is 4.90 Å². The number of carbonyl (C=O) groups is 1. The third kappa shape index (κ3) is 4.86. The number of aromatic nitrogens is 2. The minimum Gasteiger partial charge on any atom is -0.289 e. The van der Waals surface area contributed by atoms with Gasteiger partial charge < -0.3 is 0 Å². The van der Waals surface area contributed by atoms with E-state index in [4.69, 9.17) is 0 Å². The van der Waals surface area contributed by atoms with E-state index < -0.39 is 12.7 Å². The van der Waals surface area contributed by atoms with E-state index in [-0.39, 0.29) is 18.9 Å². The van der Waals surface area contributed by atoms with Gasteiger partial charge in [0, 0.05) is 49.0 Å². The van der Waals surface area contributed by atoms with E-state index in [1.807, 2.05) is 0 Å². The van der Waals surface area contributed by atoms with Crippen LogP contribution in [0.3, 0.4) is 0 Å². The fourth-order valence-electron chi connectivity index (χ4n) is 2.80. The minimum atomic E-state index is -4.33. The lowest BCUT2D eigenvalue weighted by Crippen LogP contribution is -2.42. The van der Waals surface area contributed by atoms with Crippen LogP contribution in [0.1, 0.15) is 11.1 Å². The van der Waals surface area contributed by atoms with Crippen molar-refractivity contribution >= 4 is 17.9 Å². The van der Waals surface area contributed by atoms with Crippen molar-refractivity contribution < 1.29 is 18.0 Å². The number of pyridine rings is 2. The van der Waals surface area contributed by atoms with Crippen LogP contribution < -0.4 is 0 Å². The fraction of sp³-hybridized carbons (Fsp3) is 0.211. The maximum absolute atomic E-state index is 12.9. The molecule has 0 bridgehead atoms. The van der Waals surface area contributed by atoms with Crippen LogP contribution >= 0.6 is 0 Å². The molecule has 0 unspecified atom stereocenters. The molecule has 26 heavy (non-hydrogen) atoms. The van der Waals surface area contributed by atoms with Crippen molar-refractivity contribution in [2.75, 3.05) is 19.6 Å². The molecule has 134 valence electrons. The Morgan fingerprint density at radius 1 is 0.962 bits per heavy atom. The van der Waals surface area contributed by atoms with E-state index in [0.717, 1.165) is 0 Å². The Hall–Kier alpha value is -2.80. The lowest BCUT2D eigenvalue weighted by molar-refractivity contribution is -0.146. The van der Waals surface area contributed by atoms with Crippen molar-refractivity contribution in [3.8, 4) is 0 Å². The van der Waals surface area contributed by atoms with Crippen LogP contribution in [0.2, 0.25) is 0 Å². The molecule has 0 aliphatic carbocycles. The van der Waals surface area contributed by atoms with Crippen LogP contribution in [0.25, 0.3) is 12.2 Å². The SMILES string of the molecule is O=C1/C(=C\c2cccnc2)CN(CC(F)(F)F)C/C1=C\c1cccnc1. The minimum absolute atomic E-state index is 0.0579. The number of carbonyl (C=O) groups excluding carboxylic acids is 1. The van der Waals surface area contributed by atoms with Crippen LogP contribution in [0.4, 0.5) is 13.2 Å². The first-order chi connectivity index (χ1) is 12.4. The van der Waals surface area contributed by atoms with Crippen molar-refractivity contribution in [2.24, 2.45) is 0 Å². The lowest BCUT2D eigenvalue weighted by atomic mass is 9.94. The predicted molar refractivity (Wildman–Crippen MR) is 91.9 cm³/mol. The fourth-order valence-corrected chi connectivity index (χ4v) is 2.80. The second kappa shape index (κ2) is 7.61. The number of rotatable bonds is 3. The molecule has 3 heterocycles. The Morgan fingerprint density at radius 2 is 1.46 bits per heavy atom. The average Bonchev–Trinajstić information content (AvgIpc) is 2.59. The lowest BCUT2D eigenvalue weighted by Gasteiger charge is -2.30. The highest BCUT2D eigenvalue weighted by molar-refractivity contribution is 6.14. The molecule has 2 aromatic heterocycles. The molecule has 0 radical (unpaired) electrons. The van der Waals surface area contributed by atoms with Crippen molar-refractivity contribution in [3.63, 3.8) is 0 Å². The topological polar surface area (TPSA) is 46.1 Å². The zero-order valence-corrected chi connectivity index (χ0v) is 13.8. The van der Waals surface area contributed by atoms with E-state index >= 15 is 0 Å². The first-order valence-corrected chi connectivity index (χ1v) is 7.96. The molecule has 1 aliphatic heterocycles. The molecule has 1 fully saturated rings. The third-order valence-electron chi connectivity index (χ3n) is 3.82. The van der Waals surface area contributed by atoms with Gasteiger partial charge in [-0.1, -0.05) is 12.1 Å². The normalized spacial score (nSPS) is 19.3. The molecule has 3 rings (SSSR count). The first kappa shape index (κ1) is 18.0. The molecule has 1 aliphatic rings. The van der Waals surface area contributed by atoms with Gasteiger partial charge in [-0.3, -0.25) is 19.7 Å². The van der Waals surface area contributed by atoms with Crippen LogP contribution in [-0.4, -0.2) is 46.5 Å². The van der Waals surface area contributed by atoms with Crippen molar-refractivity contribution in [2.45, 2.75) is 6.18 Å². The summed E-state index contributed by atoms with van der Waals surface area (Å²) in [5.74, 6) is -0.254. The highest BCUT2D eigenvalue weighted by Crippen LogP contribution is 2.25. The summed E-state index contributed by atoms with van der Waals surface area (Å²) in [6.45, 7) is -1.19. The molecular weight excluding hydrogens is 343 g/mol. The standard InChI is InChI=1S/C19H16F3N3O/c20-19(21,22)13-25-11-16(7-14-3-1-5-23-9-14)18(26)17(12-25)8-15-4-2-6-24-10-15/h1-10H,11-13H2/b16-7-,17-8+. The van der Waals surface area contributed by atoms with Crippen LogP contribution in [0.15, 0.2) is 60.2 Å². The van der Waals surface area contributed by atoms with Gasteiger partial charge >= 0.3 is 6.18 Å². The summed E-state index contributed by atoms with van der Waals surface area (Å²) < 4.78 is 38.6. The number of piperidine rings is 1. The van der Waals surface area contributed by atoms with Gasteiger partial charge in [0.2, 0.25) is 0 Å². The van der Waals surface area contributed by atoms with Crippen molar-refractivity contribution in [1.29, 1.82) is 0 Å². The number of likely N-dealkylation sites (tertiary alicyclic amines) is 1. The summed E-state index contributed by atoms with van der Waals surface area (Å²) in [5.41, 5.74) is 1.96. The first-order valence-electron chi connectivity index (χ1n) is 7.96. The molecule has 0 amide bonds. The summed E-state index contributed by atoms with van der Waals surface area (Å²) in [5, 5.41) is 0. The molecule has 4 nitrogen and oxygen atoms in total. The Kier molecular flexibility index (Phi) is 5.27. The predicted octanol–water partition coefficient (Wildman–Crippen LogP) is 3.39. The number of hydrogen-bond acceptors (Lipinski definition) is 4. The van der Waals surface area contributed by atoms with Gasteiger partial charge in [-0.15, -0.1) is 0 Å². The molecule has 0 N–H and O–H groups in total. The molecule has 0 aromatic carbocycles. The van der Waals surface area contributed by atoms with E-state index in [0.29, 0.717) is 22.3 Å². The molecular formula is C19H16F3N3O. The average molecular weight is 359 g/mol. The number of ketones is 1. The summed E-state index contributed by atoms with van der Waals surface area (Å²) in [4.78, 5) is 21.9. The molecule has 0 saturated carbocycles. The number of hydrogen-bond donors (Lipinski definition) is 0. The smallest absolute Gasteiger partial charge is 0.289 e. The maximum Gasteiger partial charge on any atom is 0.401 e. The number of alkyl halides is 3. The zero-order valence-electron chi connectivity index (χ0n) is 13.8. The van der Waals surface area contributed by atoms with E-state index in [1.54, 1.807) is 61.2 Å². The summed E-state index contributed by atoms with van der Waals surface area (Å²) in [7, 11) is 0. The molecule has 0 atom stereocenters. The Bertz CT molecular complexity index is 769. The largest absolute Gasteiger partial charge is 0.401 e. The summed E-state index contributed by atoms with van der Waals surface area (Å²) >= 11 is 0. The highest BCUT2D eigenvalue weighted by atomic mass is 19.4. The van der Waals surface area contributed by atoms with Crippen LogP contribution in [-0.2, 0) is 4.79 Å². The van der Waals surface area contributed by atoms with Gasteiger partial charge in [0.15, 0.2) is 5.78 Å². The van der Waals surface area contributed by atoms with Gasteiger partial charge in [-0.25, -0.2) is 0 Å². The molecule has 1 saturated heterocycles. The molecule has 0 spiro atoms. The van der Waals surface area contributed by atoms with E-state index in [2.05, 4.69) is 9.97 Å². The highest BCUT2D eigenvalue weighted by Gasteiger charge is 2.35. The Labute approximate surface area is 148 Å². The monoisotopic (exact) mass is 359 g/mol. The number of halogens is 3. The number of nitrogens with zero attached hydrogens (tertiary/aromatic N) is 3. The number of Topliss-reactive ketones (excluding diaryl/α,β-unsaturated/α-hetero) is 1. The third-order valence-corrected chi connectivity index (χ3v) is 3.82. The van der Waals surface area contributed by atoms with E-state index in [9.17, 15) is 18.0 Å². The van der Waals surface area contributed by atoms with Crippen LogP contribution in [0.5, 0.6) is 0 Å².